The molecule has 0 fully saturated rings. The predicted molar refractivity (Wildman–Crippen MR) is 122 cm³/mol. The van der Waals surface area contributed by atoms with Crippen LogP contribution in [0.2, 0.25) is 0 Å². The summed E-state index contributed by atoms with van der Waals surface area (Å²) in [5, 5.41) is 21.3. The Balaban J connectivity index is 1.50. The van der Waals surface area contributed by atoms with Crippen LogP contribution in [-0.2, 0) is 0 Å². The van der Waals surface area contributed by atoms with Gasteiger partial charge in [-0.05, 0) is 61.0 Å². The number of hydrogen-bond donors (Lipinski definition) is 3. The molecule has 1 aromatic heterocycles. The van der Waals surface area contributed by atoms with Crippen LogP contribution in [0, 0.1) is 6.92 Å². The van der Waals surface area contributed by atoms with E-state index in [2.05, 4.69) is 36.5 Å². The summed E-state index contributed by atoms with van der Waals surface area (Å²) in [6, 6.07) is 18.9. The Hall–Kier alpha value is -3.78. The number of carbonyl (C=O) groups excluding carboxylic acids is 2. The second-order valence-corrected chi connectivity index (χ2v) is 7.73. The first-order valence-electron chi connectivity index (χ1n) is 9.35. The minimum absolute atomic E-state index is 0.164. The van der Waals surface area contributed by atoms with Crippen molar-refractivity contribution < 1.29 is 14.7 Å². The first kappa shape index (κ1) is 20.5. The van der Waals surface area contributed by atoms with Crippen LogP contribution >= 0.6 is 15.9 Å². The first-order chi connectivity index (χ1) is 14.9. The number of halogens is 1. The molecule has 0 saturated carbocycles. The normalized spacial score (nSPS) is 11.2. The second-order valence-electron chi connectivity index (χ2n) is 6.87. The van der Waals surface area contributed by atoms with E-state index in [1.165, 1.54) is 0 Å². The molecule has 3 N–H and O–H groups in total. The molecule has 0 spiro atoms. The molecular formula is C23H17BrN4O3. The molecule has 0 aliphatic heterocycles. The monoisotopic (exact) mass is 476 g/mol. The summed E-state index contributed by atoms with van der Waals surface area (Å²) in [6.07, 6.45) is 0. The molecule has 4 aromatic rings. The minimum atomic E-state index is -0.566. The topological polar surface area (TPSA) is 107 Å². The molecule has 0 bridgehead atoms. The highest BCUT2D eigenvalue weighted by Crippen LogP contribution is 2.37. The number of anilines is 1. The maximum Gasteiger partial charge on any atom is 0.295 e. The van der Waals surface area contributed by atoms with E-state index in [0.717, 1.165) is 10.0 Å². The van der Waals surface area contributed by atoms with Gasteiger partial charge in [0, 0.05) is 26.7 Å². The van der Waals surface area contributed by atoms with E-state index < -0.39 is 5.91 Å². The summed E-state index contributed by atoms with van der Waals surface area (Å²) in [5.41, 5.74) is 3.23. The molecule has 8 heteroatoms. The Kier molecular flexibility index (Phi) is 5.64. The molecule has 1 heterocycles. The SMILES string of the molecule is Cc1cc2c(N=NC(=O)c3ccc(NC(=O)c4ccccc4)cc3)c(O)[nH]c2cc1Br. The van der Waals surface area contributed by atoms with Gasteiger partial charge in [0.25, 0.3) is 11.8 Å². The van der Waals surface area contributed by atoms with Crippen molar-refractivity contribution in [2.75, 3.05) is 5.32 Å². The third-order valence-electron chi connectivity index (χ3n) is 4.70. The van der Waals surface area contributed by atoms with Crippen molar-refractivity contribution in [3.05, 3.63) is 87.9 Å². The number of amides is 2. The lowest BCUT2D eigenvalue weighted by molar-refractivity contribution is 0.0993. The zero-order valence-electron chi connectivity index (χ0n) is 16.4. The number of nitrogens with zero attached hydrogens (tertiary/aromatic N) is 2. The standard InChI is InChI=1S/C23H17BrN4O3/c1-13-11-17-19(12-18(13)24)26-23(31)20(17)27-28-22(30)15-7-9-16(10-8-15)25-21(29)14-5-3-2-4-6-14/h2-12,26,31H,1H3,(H,25,29). The van der Waals surface area contributed by atoms with E-state index in [-0.39, 0.29) is 17.5 Å². The molecule has 4 rings (SSSR count). The lowest BCUT2D eigenvalue weighted by atomic mass is 10.1. The number of nitrogens with one attached hydrogen (secondary N) is 2. The number of aromatic nitrogens is 1. The van der Waals surface area contributed by atoms with Gasteiger partial charge in [0.15, 0.2) is 5.69 Å². The van der Waals surface area contributed by atoms with Gasteiger partial charge in [-0.2, -0.15) is 0 Å². The lowest BCUT2D eigenvalue weighted by Gasteiger charge is -2.05. The van der Waals surface area contributed by atoms with Crippen molar-refractivity contribution in [3.63, 3.8) is 0 Å². The average molecular weight is 477 g/mol. The van der Waals surface area contributed by atoms with Crippen molar-refractivity contribution in [2.45, 2.75) is 6.92 Å². The van der Waals surface area contributed by atoms with Gasteiger partial charge in [-0.3, -0.25) is 9.59 Å². The Bertz CT molecular complexity index is 1310. The third-order valence-corrected chi connectivity index (χ3v) is 5.55. The molecule has 0 atom stereocenters. The molecule has 3 aromatic carbocycles. The quantitative estimate of drug-likeness (QED) is 0.308. The molecule has 31 heavy (non-hydrogen) atoms. The largest absolute Gasteiger partial charge is 0.493 e. The molecule has 0 aliphatic rings. The van der Waals surface area contributed by atoms with E-state index in [1.807, 2.05) is 25.1 Å². The number of aromatic amines is 1. The van der Waals surface area contributed by atoms with Gasteiger partial charge in [0.05, 0.1) is 5.52 Å². The van der Waals surface area contributed by atoms with Crippen molar-refractivity contribution in [3.8, 4) is 5.88 Å². The van der Waals surface area contributed by atoms with Crippen LogP contribution in [-0.4, -0.2) is 21.9 Å². The molecule has 154 valence electrons. The predicted octanol–water partition coefficient (Wildman–Crippen LogP) is 6.12. The van der Waals surface area contributed by atoms with Gasteiger partial charge in [0.1, 0.15) is 0 Å². The Morgan fingerprint density at radius 1 is 1.00 bits per heavy atom. The zero-order chi connectivity index (χ0) is 22.0. The lowest BCUT2D eigenvalue weighted by Crippen LogP contribution is -2.11. The maximum atomic E-state index is 12.4. The number of azo groups is 1. The van der Waals surface area contributed by atoms with Crippen LogP contribution < -0.4 is 5.32 Å². The second kappa shape index (κ2) is 8.53. The number of aromatic hydroxyl groups is 1. The molecule has 0 aliphatic carbocycles. The number of rotatable bonds is 4. The highest BCUT2D eigenvalue weighted by Gasteiger charge is 2.13. The van der Waals surface area contributed by atoms with Crippen LogP contribution in [0.15, 0.2) is 81.4 Å². The average Bonchev–Trinajstić information content (AvgIpc) is 3.07. The smallest absolute Gasteiger partial charge is 0.295 e. The number of hydrogen-bond acceptors (Lipinski definition) is 4. The summed E-state index contributed by atoms with van der Waals surface area (Å²) < 4.78 is 0.889. The molecule has 2 amide bonds. The fraction of sp³-hybridized carbons (Fsp3) is 0.0435. The number of aryl methyl sites for hydroxylation is 1. The van der Waals surface area contributed by atoms with E-state index in [0.29, 0.717) is 27.7 Å². The van der Waals surface area contributed by atoms with Crippen molar-refractivity contribution >= 4 is 50.0 Å². The third kappa shape index (κ3) is 4.39. The fourth-order valence-electron chi connectivity index (χ4n) is 3.04. The van der Waals surface area contributed by atoms with Crippen molar-refractivity contribution in [2.24, 2.45) is 10.2 Å². The van der Waals surface area contributed by atoms with Gasteiger partial charge in [-0.15, -0.1) is 10.2 Å². The van der Waals surface area contributed by atoms with Crippen LogP contribution in [0.5, 0.6) is 5.88 Å². The van der Waals surface area contributed by atoms with E-state index in [4.69, 9.17) is 0 Å². The summed E-state index contributed by atoms with van der Waals surface area (Å²) >= 11 is 3.44. The van der Waals surface area contributed by atoms with E-state index in [1.54, 1.807) is 48.5 Å². The summed E-state index contributed by atoms with van der Waals surface area (Å²) in [4.78, 5) is 27.4. The van der Waals surface area contributed by atoms with Crippen LogP contribution in [0.4, 0.5) is 11.4 Å². The first-order valence-corrected chi connectivity index (χ1v) is 10.1. The van der Waals surface area contributed by atoms with Crippen molar-refractivity contribution in [1.82, 2.24) is 4.98 Å². The molecule has 7 nitrogen and oxygen atoms in total. The fourth-order valence-corrected chi connectivity index (χ4v) is 3.38. The zero-order valence-corrected chi connectivity index (χ0v) is 18.0. The van der Waals surface area contributed by atoms with Gasteiger partial charge in [-0.1, -0.05) is 34.1 Å². The summed E-state index contributed by atoms with van der Waals surface area (Å²) in [6.45, 7) is 1.91. The number of H-pyrrole nitrogens is 1. The van der Waals surface area contributed by atoms with Crippen LogP contribution in [0.3, 0.4) is 0 Å². The molecule has 0 radical (unpaired) electrons. The number of benzene rings is 3. The highest BCUT2D eigenvalue weighted by atomic mass is 79.9. The number of carbonyl (C=O) groups is 2. The molecule has 0 unspecified atom stereocenters. The Labute approximate surface area is 186 Å². The van der Waals surface area contributed by atoms with Gasteiger partial charge >= 0.3 is 0 Å². The number of fused-ring (bicyclic) bond motifs is 1. The summed E-state index contributed by atoms with van der Waals surface area (Å²) in [5.74, 6) is -0.970. The highest BCUT2D eigenvalue weighted by molar-refractivity contribution is 9.10. The van der Waals surface area contributed by atoms with E-state index in [9.17, 15) is 14.7 Å². The van der Waals surface area contributed by atoms with Gasteiger partial charge in [0.2, 0.25) is 5.88 Å². The van der Waals surface area contributed by atoms with Crippen LogP contribution in [0.1, 0.15) is 26.3 Å². The Morgan fingerprint density at radius 2 is 1.71 bits per heavy atom. The van der Waals surface area contributed by atoms with Gasteiger partial charge in [-0.25, -0.2) is 0 Å². The van der Waals surface area contributed by atoms with Crippen molar-refractivity contribution in [1.29, 1.82) is 0 Å². The van der Waals surface area contributed by atoms with Crippen LogP contribution in [0.25, 0.3) is 10.9 Å². The Morgan fingerprint density at radius 3 is 2.42 bits per heavy atom. The minimum Gasteiger partial charge on any atom is -0.493 e. The molecule has 0 saturated heterocycles. The maximum absolute atomic E-state index is 12.4. The molecular weight excluding hydrogens is 460 g/mol. The summed E-state index contributed by atoms with van der Waals surface area (Å²) in [7, 11) is 0. The van der Waals surface area contributed by atoms with Gasteiger partial charge < -0.3 is 15.4 Å². The van der Waals surface area contributed by atoms with E-state index >= 15 is 0 Å².